The van der Waals surface area contributed by atoms with E-state index >= 15 is 0 Å². The second kappa shape index (κ2) is 7.36. The lowest BCUT2D eigenvalue weighted by Gasteiger charge is -2.17. The van der Waals surface area contributed by atoms with Gasteiger partial charge in [-0.3, -0.25) is 0 Å². The number of alkyl halides is 2. The molecule has 0 radical (unpaired) electrons. The second-order valence-electron chi connectivity index (χ2n) is 4.46. The van der Waals surface area contributed by atoms with Crippen molar-refractivity contribution in [3.05, 3.63) is 52.2 Å². The van der Waals surface area contributed by atoms with Gasteiger partial charge in [0.25, 0.3) is 0 Å². The largest absolute Gasteiger partial charge is 0.435 e. The topological polar surface area (TPSA) is 21.3 Å². The van der Waals surface area contributed by atoms with Gasteiger partial charge in [-0.25, -0.2) is 0 Å². The average Bonchev–Trinajstić information content (AvgIpc) is 2.92. The van der Waals surface area contributed by atoms with Gasteiger partial charge < -0.3 is 10.1 Å². The zero-order chi connectivity index (χ0) is 14.4. The third kappa shape index (κ3) is 4.28. The Balaban J connectivity index is 2.02. The molecule has 1 N–H and O–H groups in total. The average molecular weight is 297 g/mol. The predicted octanol–water partition coefficient (Wildman–Crippen LogP) is 4.24. The lowest BCUT2D eigenvalue weighted by molar-refractivity contribution is -0.0499. The predicted molar refractivity (Wildman–Crippen MR) is 77.5 cm³/mol. The van der Waals surface area contributed by atoms with E-state index in [0.29, 0.717) is 0 Å². The van der Waals surface area contributed by atoms with Crippen LogP contribution in [0.3, 0.4) is 0 Å². The van der Waals surface area contributed by atoms with E-state index in [2.05, 4.69) is 26.9 Å². The molecule has 0 aliphatic heterocycles. The lowest BCUT2D eigenvalue weighted by Crippen LogP contribution is -2.17. The molecule has 2 nitrogen and oxygen atoms in total. The standard InChI is InChI=1S/C15H17F2NOS/c1-18-14(6-5-11-7-8-20-10-11)12-3-2-4-13(9-12)19-15(16)17/h2-4,7-10,14-15,18H,5-6H2,1H3. The van der Waals surface area contributed by atoms with E-state index < -0.39 is 6.61 Å². The second-order valence-corrected chi connectivity index (χ2v) is 5.24. The maximum atomic E-state index is 12.2. The van der Waals surface area contributed by atoms with Crippen LogP contribution in [0.1, 0.15) is 23.6 Å². The number of aryl methyl sites for hydroxylation is 1. The summed E-state index contributed by atoms with van der Waals surface area (Å²) in [6.45, 7) is -2.79. The Morgan fingerprint density at radius 1 is 1.30 bits per heavy atom. The van der Waals surface area contributed by atoms with Crippen molar-refractivity contribution in [2.75, 3.05) is 7.05 Å². The highest BCUT2D eigenvalue weighted by molar-refractivity contribution is 7.07. The third-order valence-electron chi connectivity index (χ3n) is 3.14. The quantitative estimate of drug-likeness (QED) is 0.825. The number of nitrogens with one attached hydrogen (secondary N) is 1. The highest BCUT2D eigenvalue weighted by Crippen LogP contribution is 2.24. The van der Waals surface area contributed by atoms with Crippen LogP contribution < -0.4 is 10.1 Å². The van der Waals surface area contributed by atoms with Crippen molar-refractivity contribution < 1.29 is 13.5 Å². The minimum absolute atomic E-state index is 0.121. The molecule has 1 atom stereocenters. The lowest BCUT2D eigenvalue weighted by atomic mass is 10.00. The van der Waals surface area contributed by atoms with Crippen LogP contribution in [0.15, 0.2) is 41.1 Å². The Hall–Kier alpha value is -1.46. The highest BCUT2D eigenvalue weighted by Gasteiger charge is 2.12. The number of rotatable bonds is 7. The van der Waals surface area contributed by atoms with Gasteiger partial charge in [0.1, 0.15) is 5.75 Å². The van der Waals surface area contributed by atoms with Crippen molar-refractivity contribution in [1.29, 1.82) is 0 Å². The fourth-order valence-electron chi connectivity index (χ4n) is 2.13. The van der Waals surface area contributed by atoms with Gasteiger partial charge in [0.05, 0.1) is 0 Å². The first-order valence-electron chi connectivity index (χ1n) is 6.42. The summed E-state index contributed by atoms with van der Waals surface area (Å²) in [5, 5.41) is 7.41. The molecule has 20 heavy (non-hydrogen) atoms. The van der Waals surface area contributed by atoms with Crippen LogP contribution in [-0.4, -0.2) is 13.7 Å². The van der Waals surface area contributed by atoms with Crippen LogP contribution in [0.2, 0.25) is 0 Å². The molecule has 0 spiro atoms. The maximum Gasteiger partial charge on any atom is 0.387 e. The van der Waals surface area contributed by atoms with Crippen LogP contribution in [0.25, 0.3) is 0 Å². The molecule has 0 saturated carbocycles. The van der Waals surface area contributed by atoms with Crippen molar-refractivity contribution in [2.45, 2.75) is 25.5 Å². The van der Waals surface area contributed by atoms with E-state index in [0.717, 1.165) is 18.4 Å². The van der Waals surface area contributed by atoms with E-state index in [1.807, 2.05) is 13.1 Å². The smallest absolute Gasteiger partial charge is 0.387 e. The first kappa shape index (κ1) is 14.9. The number of thiophene rings is 1. The number of halogens is 2. The van der Waals surface area contributed by atoms with Crippen molar-refractivity contribution in [2.24, 2.45) is 0 Å². The molecule has 5 heteroatoms. The van der Waals surface area contributed by atoms with Crippen molar-refractivity contribution in [3.63, 3.8) is 0 Å². The van der Waals surface area contributed by atoms with E-state index in [-0.39, 0.29) is 11.8 Å². The minimum atomic E-state index is -2.79. The van der Waals surface area contributed by atoms with Gasteiger partial charge in [-0.1, -0.05) is 12.1 Å². The number of benzene rings is 1. The molecule has 1 aromatic heterocycles. The molecule has 0 aliphatic carbocycles. The molecule has 0 bridgehead atoms. The number of hydrogen-bond donors (Lipinski definition) is 1. The summed E-state index contributed by atoms with van der Waals surface area (Å²) >= 11 is 1.68. The normalized spacial score (nSPS) is 12.6. The summed E-state index contributed by atoms with van der Waals surface area (Å²) in [4.78, 5) is 0. The molecule has 1 unspecified atom stereocenters. The third-order valence-corrected chi connectivity index (χ3v) is 3.87. The van der Waals surface area contributed by atoms with Crippen molar-refractivity contribution in [1.82, 2.24) is 5.32 Å². The molecule has 0 amide bonds. The van der Waals surface area contributed by atoms with Gasteiger partial charge in [-0.2, -0.15) is 20.1 Å². The van der Waals surface area contributed by atoms with Crippen LogP contribution in [0.4, 0.5) is 8.78 Å². The molecule has 2 aromatic rings. The molecular weight excluding hydrogens is 280 g/mol. The fourth-order valence-corrected chi connectivity index (χ4v) is 2.83. The van der Waals surface area contributed by atoms with Crippen LogP contribution in [0.5, 0.6) is 5.75 Å². The Bertz CT molecular complexity index is 516. The first-order valence-corrected chi connectivity index (χ1v) is 7.36. The van der Waals surface area contributed by atoms with Crippen LogP contribution >= 0.6 is 11.3 Å². The molecule has 0 fully saturated rings. The van der Waals surface area contributed by atoms with Gasteiger partial charge in [-0.05, 0) is 60.0 Å². The van der Waals surface area contributed by atoms with Crippen molar-refractivity contribution >= 4 is 11.3 Å². The SMILES string of the molecule is CNC(CCc1ccsc1)c1cccc(OC(F)F)c1. The summed E-state index contributed by atoms with van der Waals surface area (Å²) in [5.74, 6) is 0.202. The van der Waals surface area contributed by atoms with Gasteiger partial charge in [0, 0.05) is 6.04 Å². The number of hydrogen-bond acceptors (Lipinski definition) is 3. The Morgan fingerprint density at radius 2 is 2.15 bits per heavy atom. The zero-order valence-electron chi connectivity index (χ0n) is 11.2. The summed E-state index contributed by atoms with van der Waals surface area (Å²) in [5.41, 5.74) is 2.26. The van der Waals surface area contributed by atoms with Gasteiger partial charge >= 0.3 is 6.61 Å². The molecular formula is C15H17F2NOS. The van der Waals surface area contributed by atoms with E-state index in [9.17, 15) is 8.78 Å². The Morgan fingerprint density at radius 3 is 2.80 bits per heavy atom. The number of ether oxygens (including phenoxy) is 1. The van der Waals surface area contributed by atoms with Crippen LogP contribution in [0, 0.1) is 0 Å². The fraction of sp³-hybridized carbons (Fsp3) is 0.333. The molecule has 1 heterocycles. The van der Waals surface area contributed by atoms with E-state index in [1.54, 1.807) is 29.5 Å². The molecule has 0 aliphatic rings. The first-order chi connectivity index (χ1) is 9.69. The maximum absolute atomic E-state index is 12.2. The van der Waals surface area contributed by atoms with Crippen molar-refractivity contribution in [3.8, 4) is 5.75 Å². The Labute approximate surface area is 121 Å². The molecule has 108 valence electrons. The molecule has 0 saturated heterocycles. The van der Waals surface area contributed by atoms with Gasteiger partial charge in [-0.15, -0.1) is 0 Å². The summed E-state index contributed by atoms with van der Waals surface area (Å²) < 4.78 is 28.9. The minimum Gasteiger partial charge on any atom is -0.435 e. The Kier molecular flexibility index (Phi) is 5.49. The summed E-state index contributed by atoms with van der Waals surface area (Å²) in [6.07, 6.45) is 1.86. The van der Waals surface area contributed by atoms with Gasteiger partial charge in [0.2, 0.25) is 0 Å². The highest BCUT2D eigenvalue weighted by atomic mass is 32.1. The summed E-state index contributed by atoms with van der Waals surface area (Å²) in [6, 6.07) is 9.10. The zero-order valence-corrected chi connectivity index (χ0v) is 12.0. The molecule has 1 aromatic carbocycles. The summed E-state index contributed by atoms with van der Waals surface area (Å²) in [7, 11) is 1.87. The van der Waals surface area contributed by atoms with Crippen LogP contribution in [-0.2, 0) is 6.42 Å². The van der Waals surface area contributed by atoms with E-state index in [1.165, 1.54) is 5.56 Å². The molecule has 2 rings (SSSR count). The van der Waals surface area contributed by atoms with Gasteiger partial charge in [0.15, 0.2) is 0 Å². The monoisotopic (exact) mass is 297 g/mol. The van der Waals surface area contributed by atoms with E-state index in [4.69, 9.17) is 0 Å².